The standard InChI is InChI=1S/C12H13BrN4OS2/c1-7-3-4-9(8(13)5-7)15-10(18)6-19-12-17-16-11(14-2)20-12/h3-5H,6H2,1-2H3,(H,14,16)(H,15,18). The zero-order chi connectivity index (χ0) is 14.5. The third-order valence-corrected chi connectivity index (χ3v) is 5.08. The summed E-state index contributed by atoms with van der Waals surface area (Å²) in [5.41, 5.74) is 1.91. The van der Waals surface area contributed by atoms with Gasteiger partial charge in [-0.3, -0.25) is 4.79 Å². The van der Waals surface area contributed by atoms with Gasteiger partial charge in [-0.25, -0.2) is 0 Å². The molecule has 0 bridgehead atoms. The van der Waals surface area contributed by atoms with E-state index in [0.717, 1.165) is 25.2 Å². The molecule has 0 saturated carbocycles. The second kappa shape index (κ2) is 7.05. The van der Waals surface area contributed by atoms with Gasteiger partial charge < -0.3 is 10.6 Å². The summed E-state index contributed by atoms with van der Waals surface area (Å²) >= 11 is 6.23. The van der Waals surface area contributed by atoms with Crippen LogP contribution in [0.25, 0.3) is 0 Å². The number of thioether (sulfide) groups is 1. The minimum atomic E-state index is -0.0687. The number of aryl methyl sites for hydroxylation is 1. The maximum atomic E-state index is 11.9. The first-order valence-electron chi connectivity index (χ1n) is 5.78. The number of hydrogen-bond donors (Lipinski definition) is 2. The fourth-order valence-electron chi connectivity index (χ4n) is 1.40. The Hall–Kier alpha value is -1.12. The Balaban J connectivity index is 1.89. The van der Waals surface area contributed by atoms with Crippen LogP contribution in [0.5, 0.6) is 0 Å². The molecule has 2 N–H and O–H groups in total. The summed E-state index contributed by atoms with van der Waals surface area (Å²) < 4.78 is 1.65. The van der Waals surface area contributed by atoms with E-state index in [-0.39, 0.29) is 5.91 Å². The molecule has 0 saturated heterocycles. The van der Waals surface area contributed by atoms with Crippen molar-refractivity contribution in [2.45, 2.75) is 11.3 Å². The third kappa shape index (κ3) is 4.19. The van der Waals surface area contributed by atoms with Crippen molar-refractivity contribution in [1.29, 1.82) is 0 Å². The van der Waals surface area contributed by atoms with Crippen molar-refractivity contribution in [3.63, 3.8) is 0 Å². The lowest BCUT2D eigenvalue weighted by molar-refractivity contribution is -0.113. The molecule has 0 spiro atoms. The molecule has 0 fully saturated rings. The van der Waals surface area contributed by atoms with Crippen molar-refractivity contribution >= 4 is 55.8 Å². The summed E-state index contributed by atoms with van der Waals surface area (Å²) in [5, 5.41) is 14.4. The number of carbonyl (C=O) groups is 1. The molecule has 106 valence electrons. The highest BCUT2D eigenvalue weighted by atomic mass is 79.9. The molecule has 0 unspecified atom stereocenters. The highest BCUT2D eigenvalue weighted by Crippen LogP contribution is 2.26. The molecule has 8 heteroatoms. The maximum Gasteiger partial charge on any atom is 0.234 e. The highest BCUT2D eigenvalue weighted by molar-refractivity contribution is 9.10. The number of halogens is 1. The number of amides is 1. The maximum absolute atomic E-state index is 11.9. The number of nitrogens with zero attached hydrogens (tertiary/aromatic N) is 2. The molecule has 20 heavy (non-hydrogen) atoms. The van der Waals surface area contributed by atoms with Crippen LogP contribution in [-0.4, -0.2) is 28.9 Å². The predicted octanol–water partition coefficient (Wildman–Crippen LogP) is 3.38. The van der Waals surface area contributed by atoms with Crippen LogP contribution >= 0.6 is 39.0 Å². The van der Waals surface area contributed by atoms with Crippen LogP contribution in [0, 0.1) is 6.92 Å². The number of anilines is 2. The zero-order valence-corrected chi connectivity index (χ0v) is 14.2. The van der Waals surface area contributed by atoms with Gasteiger partial charge in [-0.05, 0) is 40.5 Å². The van der Waals surface area contributed by atoms with Gasteiger partial charge in [0, 0.05) is 11.5 Å². The molecule has 1 heterocycles. The Labute approximate surface area is 133 Å². The molecule has 1 aromatic heterocycles. The minimum Gasteiger partial charge on any atom is -0.363 e. The topological polar surface area (TPSA) is 66.9 Å². The number of nitrogens with one attached hydrogen (secondary N) is 2. The third-order valence-electron chi connectivity index (χ3n) is 2.35. The molecule has 0 radical (unpaired) electrons. The molecular formula is C12H13BrN4OS2. The van der Waals surface area contributed by atoms with Crippen molar-refractivity contribution in [2.24, 2.45) is 0 Å². The zero-order valence-electron chi connectivity index (χ0n) is 10.9. The van der Waals surface area contributed by atoms with Gasteiger partial charge in [-0.1, -0.05) is 29.2 Å². The van der Waals surface area contributed by atoms with Gasteiger partial charge in [-0.15, -0.1) is 10.2 Å². The van der Waals surface area contributed by atoms with Gasteiger partial charge in [0.15, 0.2) is 4.34 Å². The normalized spacial score (nSPS) is 10.3. The lowest BCUT2D eigenvalue weighted by Gasteiger charge is -2.07. The van der Waals surface area contributed by atoms with Crippen LogP contribution in [0.15, 0.2) is 27.0 Å². The first-order chi connectivity index (χ1) is 9.58. The molecule has 0 aliphatic rings. The van der Waals surface area contributed by atoms with E-state index in [9.17, 15) is 4.79 Å². The quantitative estimate of drug-likeness (QED) is 0.787. The summed E-state index contributed by atoms with van der Waals surface area (Å²) in [6.07, 6.45) is 0. The first kappa shape index (κ1) is 15.3. The second-order valence-electron chi connectivity index (χ2n) is 3.94. The summed E-state index contributed by atoms with van der Waals surface area (Å²) in [6, 6.07) is 5.80. The molecular weight excluding hydrogens is 360 g/mol. The van der Waals surface area contributed by atoms with Crippen LogP contribution in [-0.2, 0) is 4.79 Å². The Kier molecular flexibility index (Phi) is 5.38. The van der Waals surface area contributed by atoms with Crippen molar-refractivity contribution in [3.05, 3.63) is 28.2 Å². The van der Waals surface area contributed by atoms with E-state index in [1.807, 2.05) is 25.1 Å². The summed E-state index contributed by atoms with van der Waals surface area (Å²) in [6.45, 7) is 2.00. The number of carbonyl (C=O) groups excluding carboxylic acids is 1. The Morgan fingerprint density at radius 1 is 1.45 bits per heavy atom. The van der Waals surface area contributed by atoms with Crippen LogP contribution < -0.4 is 10.6 Å². The van der Waals surface area contributed by atoms with Gasteiger partial charge in [0.1, 0.15) is 0 Å². The van der Waals surface area contributed by atoms with E-state index in [0.29, 0.717) is 5.75 Å². The number of benzene rings is 1. The number of hydrogen-bond acceptors (Lipinski definition) is 6. The van der Waals surface area contributed by atoms with Crippen LogP contribution in [0.4, 0.5) is 10.8 Å². The smallest absolute Gasteiger partial charge is 0.234 e. The van der Waals surface area contributed by atoms with Crippen molar-refractivity contribution in [3.8, 4) is 0 Å². The molecule has 0 aliphatic heterocycles. The van der Waals surface area contributed by atoms with Gasteiger partial charge in [0.2, 0.25) is 11.0 Å². The summed E-state index contributed by atoms with van der Waals surface area (Å²) in [5.74, 6) is 0.235. The van der Waals surface area contributed by atoms with Gasteiger partial charge in [0.05, 0.1) is 11.4 Å². The summed E-state index contributed by atoms with van der Waals surface area (Å²) in [7, 11) is 1.79. The van der Waals surface area contributed by atoms with Crippen molar-refractivity contribution in [1.82, 2.24) is 10.2 Å². The van der Waals surface area contributed by atoms with Crippen molar-refractivity contribution in [2.75, 3.05) is 23.4 Å². The fraction of sp³-hybridized carbons (Fsp3) is 0.250. The van der Waals surface area contributed by atoms with E-state index in [1.54, 1.807) is 7.05 Å². The van der Waals surface area contributed by atoms with Crippen LogP contribution in [0.2, 0.25) is 0 Å². The first-order valence-corrected chi connectivity index (χ1v) is 8.38. The monoisotopic (exact) mass is 372 g/mol. The van der Waals surface area contributed by atoms with E-state index in [2.05, 4.69) is 36.8 Å². The van der Waals surface area contributed by atoms with Crippen molar-refractivity contribution < 1.29 is 4.79 Å². The molecule has 0 aliphatic carbocycles. The van der Waals surface area contributed by atoms with Gasteiger partial charge in [0.25, 0.3) is 0 Å². The fourth-order valence-corrected chi connectivity index (χ4v) is 3.50. The molecule has 0 atom stereocenters. The van der Waals surface area contributed by atoms with Gasteiger partial charge in [-0.2, -0.15) is 0 Å². The largest absolute Gasteiger partial charge is 0.363 e. The minimum absolute atomic E-state index is 0.0687. The van der Waals surface area contributed by atoms with E-state index in [4.69, 9.17) is 0 Å². The molecule has 1 amide bonds. The summed E-state index contributed by atoms with van der Waals surface area (Å²) in [4.78, 5) is 11.9. The SMILES string of the molecule is CNc1nnc(SCC(=O)Nc2ccc(C)cc2Br)s1. The molecule has 1 aromatic carbocycles. The lowest BCUT2D eigenvalue weighted by Crippen LogP contribution is -2.14. The Morgan fingerprint density at radius 2 is 2.25 bits per heavy atom. The second-order valence-corrected chi connectivity index (χ2v) is 7.00. The predicted molar refractivity (Wildman–Crippen MR) is 87.7 cm³/mol. The molecule has 5 nitrogen and oxygen atoms in total. The molecule has 2 rings (SSSR count). The Morgan fingerprint density at radius 3 is 2.90 bits per heavy atom. The number of rotatable bonds is 5. The number of aromatic nitrogens is 2. The Bertz CT molecular complexity index is 617. The average Bonchev–Trinajstić information content (AvgIpc) is 2.88. The highest BCUT2D eigenvalue weighted by Gasteiger charge is 2.09. The average molecular weight is 373 g/mol. The van der Waals surface area contributed by atoms with E-state index in [1.165, 1.54) is 23.1 Å². The lowest BCUT2D eigenvalue weighted by atomic mass is 10.2. The van der Waals surface area contributed by atoms with E-state index >= 15 is 0 Å². The van der Waals surface area contributed by atoms with Gasteiger partial charge >= 0.3 is 0 Å². The molecule has 2 aromatic rings. The van der Waals surface area contributed by atoms with E-state index < -0.39 is 0 Å². The van der Waals surface area contributed by atoms with Crippen LogP contribution in [0.1, 0.15) is 5.56 Å². The van der Waals surface area contributed by atoms with Crippen LogP contribution in [0.3, 0.4) is 0 Å².